The number of nitrogens with one attached hydrogen (secondary N) is 3. The molecule has 144 valence electrons. The average molecular weight is 387 g/mol. The number of imidazole rings is 1. The van der Waals surface area contributed by atoms with Gasteiger partial charge in [0, 0.05) is 17.3 Å². The van der Waals surface area contributed by atoms with Gasteiger partial charge >= 0.3 is 5.69 Å². The van der Waals surface area contributed by atoms with Gasteiger partial charge in [-0.1, -0.05) is 39.0 Å². The summed E-state index contributed by atoms with van der Waals surface area (Å²) >= 11 is 1.49. The summed E-state index contributed by atoms with van der Waals surface area (Å²) in [5, 5.41) is 5.95. The van der Waals surface area contributed by atoms with Gasteiger partial charge in [-0.3, -0.25) is 0 Å². The van der Waals surface area contributed by atoms with Gasteiger partial charge in [-0.25, -0.2) is 9.78 Å². The first-order valence-electron chi connectivity index (χ1n) is 9.48. The molecule has 1 aromatic carbocycles. The van der Waals surface area contributed by atoms with E-state index < -0.39 is 0 Å². The van der Waals surface area contributed by atoms with Crippen molar-refractivity contribution in [2.75, 3.05) is 11.9 Å². The minimum Gasteiger partial charge on any atom is -0.494 e. The summed E-state index contributed by atoms with van der Waals surface area (Å²) in [6, 6.07) is 7.90. The van der Waals surface area contributed by atoms with Crippen LogP contribution in [0, 0.1) is 0 Å². The fraction of sp³-hybridized carbons (Fsp3) is 0.400. The largest absolute Gasteiger partial charge is 0.494 e. The molecule has 0 fully saturated rings. The van der Waals surface area contributed by atoms with Crippen molar-refractivity contribution in [1.29, 1.82) is 0 Å². The summed E-state index contributed by atoms with van der Waals surface area (Å²) in [6.45, 7) is 3.00. The van der Waals surface area contributed by atoms with Crippen molar-refractivity contribution in [3.8, 4) is 17.1 Å². The molecule has 7 heteroatoms. The lowest BCUT2D eigenvalue weighted by atomic mass is 10.1. The third-order valence-corrected chi connectivity index (χ3v) is 5.01. The average Bonchev–Trinajstić information content (AvgIpc) is 3.31. The van der Waals surface area contributed by atoms with Gasteiger partial charge in [0.15, 0.2) is 5.13 Å². The molecule has 0 aliphatic rings. The monoisotopic (exact) mass is 386 g/mol. The number of benzene rings is 1. The predicted molar refractivity (Wildman–Crippen MR) is 111 cm³/mol. The molecule has 0 saturated carbocycles. The minimum atomic E-state index is -0.232. The number of anilines is 2. The molecule has 0 atom stereocenters. The molecular weight excluding hydrogens is 360 g/mol. The lowest BCUT2D eigenvalue weighted by Gasteiger charge is -2.07. The maximum absolute atomic E-state index is 11.2. The van der Waals surface area contributed by atoms with Crippen molar-refractivity contribution in [3.63, 3.8) is 0 Å². The molecule has 0 bridgehead atoms. The molecule has 0 aliphatic carbocycles. The Hall–Kier alpha value is -2.54. The first-order valence-corrected chi connectivity index (χ1v) is 10.4. The van der Waals surface area contributed by atoms with Crippen LogP contribution in [0.1, 0.15) is 45.4 Å². The summed E-state index contributed by atoms with van der Waals surface area (Å²) in [5.74, 6) is 0.888. The maximum Gasteiger partial charge on any atom is 0.323 e. The molecule has 0 saturated heterocycles. The number of aromatic nitrogens is 3. The van der Waals surface area contributed by atoms with Crippen LogP contribution in [0.25, 0.3) is 11.4 Å². The van der Waals surface area contributed by atoms with E-state index in [-0.39, 0.29) is 5.69 Å². The van der Waals surface area contributed by atoms with Crippen molar-refractivity contribution in [1.82, 2.24) is 15.0 Å². The molecular formula is C20H26N4O2S. The van der Waals surface area contributed by atoms with E-state index in [1.165, 1.54) is 43.4 Å². The Kier molecular flexibility index (Phi) is 7.10. The van der Waals surface area contributed by atoms with E-state index in [0.717, 1.165) is 35.3 Å². The Balaban J connectivity index is 1.44. The third kappa shape index (κ3) is 5.99. The quantitative estimate of drug-likeness (QED) is 0.390. The molecule has 3 aromatic rings. The molecule has 0 radical (unpaired) electrons. The number of hydrogen-bond donors (Lipinski definition) is 3. The molecule has 0 aliphatic heterocycles. The van der Waals surface area contributed by atoms with Crippen molar-refractivity contribution in [2.24, 2.45) is 0 Å². The van der Waals surface area contributed by atoms with Crippen LogP contribution in [-0.4, -0.2) is 21.6 Å². The minimum absolute atomic E-state index is 0.232. The highest BCUT2D eigenvalue weighted by atomic mass is 32.1. The lowest BCUT2D eigenvalue weighted by molar-refractivity contribution is 0.304. The second kappa shape index (κ2) is 9.97. The van der Waals surface area contributed by atoms with Gasteiger partial charge < -0.3 is 20.0 Å². The van der Waals surface area contributed by atoms with Gasteiger partial charge in [0.05, 0.1) is 12.3 Å². The normalized spacial score (nSPS) is 10.9. The highest BCUT2D eigenvalue weighted by Crippen LogP contribution is 2.26. The fourth-order valence-electron chi connectivity index (χ4n) is 2.76. The van der Waals surface area contributed by atoms with Crippen LogP contribution < -0.4 is 15.7 Å². The zero-order valence-electron chi connectivity index (χ0n) is 15.6. The van der Waals surface area contributed by atoms with Crippen LogP contribution in [0.2, 0.25) is 0 Å². The SMILES string of the molecule is CCCCCCCCOc1ccc(Nc2nc(-c3c[nH]c(=O)[nH]3)cs2)cc1. The lowest BCUT2D eigenvalue weighted by Crippen LogP contribution is -2.00. The van der Waals surface area contributed by atoms with Crippen molar-refractivity contribution in [2.45, 2.75) is 45.4 Å². The van der Waals surface area contributed by atoms with E-state index in [0.29, 0.717) is 5.69 Å². The smallest absolute Gasteiger partial charge is 0.323 e. The van der Waals surface area contributed by atoms with E-state index in [1.807, 2.05) is 29.6 Å². The number of ether oxygens (including phenoxy) is 1. The molecule has 0 unspecified atom stereocenters. The summed E-state index contributed by atoms with van der Waals surface area (Å²) in [5.41, 5.74) is 2.14. The van der Waals surface area contributed by atoms with E-state index in [2.05, 4.69) is 27.2 Å². The Morgan fingerprint density at radius 3 is 2.63 bits per heavy atom. The highest BCUT2D eigenvalue weighted by molar-refractivity contribution is 7.14. The van der Waals surface area contributed by atoms with Crippen molar-refractivity contribution < 1.29 is 4.74 Å². The van der Waals surface area contributed by atoms with Gasteiger partial charge in [0.25, 0.3) is 0 Å². The van der Waals surface area contributed by atoms with Crippen LogP contribution >= 0.6 is 11.3 Å². The van der Waals surface area contributed by atoms with E-state index in [1.54, 1.807) is 6.20 Å². The Labute approximate surface area is 163 Å². The number of unbranched alkanes of at least 4 members (excludes halogenated alkanes) is 5. The molecule has 0 spiro atoms. The number of rotatable bonds is 11. The molecule has 0 amide bonds. The predicted octanol–water partition coefficient (Wildman–Crippen LogP) is 5.31. The Bertz CT molecular complexity index is 866. The summed E-state index contributed by atoms with van der Waals surface area (Å²) in [7, 11) is 0. The zero-order valence-corrected chi connectivity index (χ0v) is 16.4. The molecule has 3 N–H and O–H groups in total. The van der Waals surface area contributed by atoms with E-state index in [4.69, 9.17) is 4.74 Å². The molecule has 2 aromatic heterocycles. The summed E-state index contributed by atoms with van der Waals surface area (Å²) < 4.78 is 5.80. The number of thiazole rings is 1. The second-order valence-corrected chi connectivity index (χ2v) is 7.32. The van der Waals surface area contributed by atoms with Gasteiger partial charge in [0.2, 0.25) is 0 Å². The van der Waals surface area contributed by atoms with E-state index >= 15 is 0 Å². The molecule has 3 rings (SSSR count). The Morgan fingerprint density at radius 2 is 1.89 bits per heavy atom. The van der Waals surface area contributed by atoms with Gasteiger partial charge in [-0.2, -0.15) is 0 Å². The van der Waals surface area contributed by atoms with Gasteiger partial charge in [0.1, 0.15) is 11.4 Å². The summed E-state index contributed by atoms with van der Waals surface area (Å²) in [6.07, 6.45) is 9.20. The summed E-state index contributed by atoms with van der Waals surface area (Å²) in [4.78, 5) is 21.0. The van der Waals surface area contributed by atoms with Crippen molar-refractivity contribution >= 4 is 22.2 Å². The zero-order chi connectivity index (χ0) is 18.9. The topological polar surface area (TPSA) is 82.8 Å². The number of hydrogen-bond acceptors (Lipinski definition) is 5. The van der Waals surface area contributed by atoms with Gasteiger partial charge in [-0.15, -0.1) is 11.3 Å². The first-order chi connectivity index (χ1) is 13.2. The highest BCUT2D eigenvalue weighted by Gasteiger charge is 2.07. The number of H-pyrrole nitrogens is 2. The first kappa shape index (κ1) is 19.2. The van der Waals surface area contributed by atoms with Crippen LogP contribution in [0.15, 0.2) is 40.6 Å². The standard InChI is InChI=1S/C20H26N4O2S/c1-2-3-4-5-6-7-12-26-16-10-8-15(9-11-16)22-20-24-18(14-27-20)17-13-21-19(25)23-17/h8-11,13-14H,2-7,12H2,1H3,(H,22,24)(H2,21,23,25). The number of nitrogens with zero attached hydrogens (tertiary/aromatic N) is 1. The van der Waals surface area contributed by atoms with Crippen LogP contribution in [0.3, 0.4) is 0 Å². The van der Waals surface area contributed by atoms with Crippen LogP contribution in [0.5, 0.6) is 5.75 Å². The fourth-order valence-corrected chi connectivity index (χ4v) is 3.49. The van der Waals surface area contributed by atoms with Crippen LogP contribution in [-0.2, 0) is 0 Å². The molecule has 2 heterocycles. The van der Waals surface area contributed by atoms with E-state index in [9.17, 15) is 4.79 Å². The van der Waals surface area contributed by atoms with Crippen molar-refractivity contribution in [3.05, 3.63) is 46.3 Å². The number of aromatic amines is 2. The Morgan fingerprint density at radius 1 is 1.11 bits per heavy atom. The molecule has 6 nitrogen and oxygen atoms in total. The maximum atomic E-state index is 11.2. The third-order valence-electron chi connectivity index (χ3n) is 4.25. The van der Waals surface area contributed by atoms with Gasteiger partial charge in [-0.05, 0) is 30.7 Å². The molecule has 27 heavy (non-hydrogen) atoms. The van der Waals surface area contributed by atoms with Crippen LogP contribution in [0.4, 0.5) is 10.8 Å². The second-order valence-electron chi connectivity index (χ2n) is 6.46.